The lowest BCUT2D eigenvalue weighted by atomic mass is 9.95. The Morgan fingerprint density at radius 2 is 2.07 bits per heavy atom. The van der Waals surface area contributed by atoms with E-state index in [0.717, 1.165) is 18.7 Å². The number of rotatable bonds is 5. The van der Waals surface area contributed by atoms with Crippen LogP contribution in [0.1, 0.15) is 26.7 Å². The van der Waals surface area contributed by atoms with Crippen LogP contribution in [-0.4, -0.2) is 16.4 Å². The minimum atomic E-state index is -0.0179. The fourth-order valence-corrected chi connectivity index (χ4v) is 1.80. The zero-order chi connectivity index (χ0) is 10.4. The fraction of sp³-hybridized carbons (Fsp3) is 0.545. The third-order valence-corrected chi connectivity index (χ3v) is 3.18. The predicted molar refractivity (Wildman–Crippen MR) is 61.9 cm³/mol. The summed E-state index contributed by atoms with van der Waals surface area (Å²) >= 11 is 5.98. The van der Waals surface area contributed by atoms with Crippen LogP contribution in [0.4, 0.5) is 5.82 Å². The molecule has 1 N–H and O–H groups in total. The number of hydrogen-bond donors (Lipinski definition) is 1. The van der Waals surface area contributed by atoms with Crippen molar-refractivity contribution in [1.29, 1.82) is 0 Å². The number of nitrogens with zero attached hydrogens (tertiary/aromatic N) is 1. The molecule has 0 unspecified atom stereocenters. The van der Waals surface area contributed by atoms with E-state index in [4.69, 9.17) is 11.6 Å². The van der Waals surface area contributed by atoms with E-state index in [1.54, 1.807) is 6.20 Å². The zero-order valence-electron chi connectivity index (χ0n) is 8.76. The van der Waals surface area contributed by atoms with Gasteiger partial charge in [-0.3, -0.25) is 0 Å². The van der Waals surface area contributed by atoms with Gasteiger partial charge in [-0.25, -0.2) is 4.98 Å². The van der Waals surface area contributed by atoms with Crippen LogP contribution in [0.25, 0.3) is 0 Å². The average Bonchev–Trinajstić information content (AvgIpc) is 2.28. The second kappa shape index (κ2) is 5.20. The summed E-state index contributed by atoms with van der Waals surface area (Å²) in [4.78, 5) is 4.24. The molecule has 0 fully saturated rings. The topological polar surface area (TPSA) is 24.9 Å². The van der Waals surface area contributed by atoms with Crippen molar-refractivity contribution in [2.24, 2.45) is 0 Å². The average molecular weight is 213 g/mol. The number of aromatic nitrogens is 1. The number of halogens is 1. The quantitative estimate of drug-likeness (QED) is 0.758. The first-order valence-electron chi connectivity index (χ1n) is 5.01. The van der Waals surface area contributed by atoms with Gasteiger partial charge in [-0.15, -0.1) is 11.6 Å². The number of hydrogen-bond acceptors (Lipinski definition) is 2. The summed E-state index contributed by atoms with van der Waals surface area (Å²) in [7, 11) is 0. The monoisotopic (exact) mass is 212 g/mol. The van der Waals surface area contributed by atoms with Gasteiger partial charge in [0.15, 0.2) is 0 Å². The van der Waals surface area contributed by atoms with E-state index in [0.29, 0.717) is 5.88 Å². The van der Waals surface area contributed by atoms with Crippen molar-refractivity contribution < 1.29 is 0 Å². The smallest absolute Gasteiger partial charge is 0.126 e. The van der Waals surface area contributed by atoms with Crippen molar-refractivity contribution in [3.63, 3.8) is 0 Å². The molecular formula is C11H17ClN2. The van der Waals surface area contributed by atoms with Crippen molar-refractivity contribution in [2.75, 3.05) is 11.2 Å². The summed E-state index contributed by atoms with van der Waals surface area (Å²) in [6.07, 6.45) is 3.79. The van der Waals surface area contributed by atoms with Crippen LogP contribution in [0, 0.1) is 0 Å². The Kier molecular flexibility index (Phi) is 4.21. The van der Waals surface area contributed by atoms with Gasteiger partial charge in [0.2, 0.25) is 0 Å². The summed E-state index contributed by atoms with van der Waals surface area (Å²) in [6, 6.07) is 5.84. The van der Waals surface area contributed by atoms with Crippen molar-refractivity contribution in [3.8, 4) is 0 Å². The van der Waals surface area contributed by atoms with Gasteiger partial charge in [0, 0.05) is 12.1 Å². The standard InChI is InChI=1S/C11H17ClN2/c1-3-11(4-2,9-12)14-10-7-5-6-8-13-10/h5-8H,3-4,9H2,1-2H3,(H,13,14). The molecule has 1 heterocycles. The van der Waals surface area contributed by atoms with Crippen molar-refractivity contribution in [1.82, 2.24) is 4.98 Å². The molecule has 1 aromatic rings. The lowest BCUT2D eigenvalue weighted by Gasteiger charge is -2.31. The summed E-state index contributed by atoms with van der Waals surface area (Å²) < 4.78 is 0. The van der Waals surface area contributed by atoms with Crippen molar-refractivity contribution in [2.45, 2.75) is 32.2 Å². The third kappa shape index (κ3) is 2.61. The Labute approximate surface area is 90.7 Å². The summed E-state index contributed by atoms with van der Waals surface area (Å²) in [5.41, 5.74) is -0.0179. The Morgan fingerprint density at radius 3 is 2.50 bits per heavy atom. The number of nitrogens with one attached hydrogen (secondary N) is 1. The maximum atomic E-state index is 5.98. The van der Waals surface area contributed by atoms with E-state index in [1.807, 2.05) is 18.2 Å². The highest BCUT2D eigenvalue weighted by atomic mass is 35.5. The largest absolute Gasteiger partial charge is 0.363 e. The molecule has 0 aliphatic carbocycles. The molecule has 0 atom stereocenters. The van der Waals surface area contributed by atoms with Crippen LogP contribution in [0.3, 0.4) is 0 Å². The molecule has 1 rings (SSSR count). The molecule has 2 nitrogen and oxygen atoms in total. The van der Waals surface area contributed by atoms with Gasteiger partial charge in [-0.1, -0.05) is 19.9 Å². The van der Waals surface area contributed by atoms with Crippen LogP contribution in [0.5, 0.6) is 0 Å². The highest BCUT2D eigenvalue weighted by molar-refractivity contribution is 6.18. The molecule has 0 amide bonds. The van der Waals surface area contributed by atoms with Crippen LogP contribution in [0.2, 0.25) is 0 Å². The number of pyridine rings is 1. The van der Waals surface area contributed by atoms with Gasteiger partial charge in [0.1, 0.15) is 5.82 Å². The lowest BCUT2D eigenvalue weighted by Crippen LogP contribution is -2.39. The third-order valence-electron chi connectivity index (χ3n) is 2.67. The van der Waals surface area contributed by atoms with Crippen LogP contribution in [-0.2, 0) is 0 Å². The molecule has 0 aromatic carbocycles. The van der Waals surface area contributed by atoms with Gasteiger partial charge >= 0.3 is 0 Å². The second-order valence-electron chi connectivity index (χ2n) is 3.46. The van der Waals surface area contributed by atoms with Gasteiger partial charge in [-0.05, 0) is 25.0 Å². The Hall–Kier alpha value is -0.760. The van der Waals surface area contributed by atoms with E-state index >= 15 is 0 Å². The van der Waals surface area contributed by atoms with Gasteiger partial charge < -0.3 is 5.32 Å². The van der Waals surface area contributed by atoms with Gasteiger partial charge in [0.25, 0.3) is 0 Å². The minimum absolute atomic E-state index is 0.0179. The molecule has 0 saturated carbocycles. The normalized spacial score (nSPS) is 11.4. The highest BCUT2D eigenvalue weighted by Gasteiger charge is 2.24. The summed E-state index contributed by atoms with van der Waals surface area (Å²) in [5, 5.41) is 3.40. The van der Waals surface area contributed by atoms with E-state index in [2.05, 4.69) is 24.1 Å². The summed E-state index contributed by atoms with van der Waals surface area (Å²) in [5.74, 6) is 1.51. The van der Waals surface area contributed by atoms with Crippen molar-refractivity contribution in [3.05, 3.63) is 24.4 Å². The first-order chi connectivity index (χ1) is 6.76. The molecule has 0 bridgehead atoms. The first-order valence-corrected chi connectivity index (χ1v) is 5.55. The molecule has 3 heteroatoms. The molecule has 78 valence electrons. The molecule has 0 aliphatic rings. The molecule has 14 heavy (non-hydrogen) atoms. The Bertz CT molecular complexity index is 249. The highest BCUT2D eigenvalue weighted by Crippen LogP contribution is 2.22. The molecular weight excluding hydrogens is 196 g/mol. The molecule has 0 radical (unpaired) electrons. The predicted octanol–water partition coefficient (Wildman–Crippen LogP) is 3.29. The lowest BCUT2D eigenvalue weighted by molar-refractivity contribution is 0.482. The van der Waals surface area contributed by atoms with Gasteiger partial charge in [0.05, 0.1) is 5.54 Å². The molecule has 0 saturated heterocycles. The molecule has 0 spiro atoms. The van der Waals surface area contributed by atoms with E-state index in [1.165, 1.54) is 0 Å². The fourth-order valence-electron chi connectivity index (χ4n) is 1.36. The maximum absolute atomic E-state index is 5.98. The Morgan fingerprint density at radius 1 is 1.36 bits per heavy atom. The van der Waals surface area contributed by atoms with E-state index in [9.17, 15) is 0 Å². The minimum Gasteiger partial charge on any atom is -0.363 e. The SMILES string of the molecule is CCC(CC)(CCl)Nc1ccccn1. The zero-order valence-corrected chi connectivity index (χ0v) is 9.51. The number of anilines is 1. The second-order valence-corrected chi connectivity index (χ2v) is 3.73. The van der Waals surface area contributed by atoms with Crippen LogP contribution in [0.15, 0.2) is 24.4 Å². The van der Waals surface area contributed by atoms with Crippen LogP contribution >= 0.6 is 11.6 Å². The Balaban J connectivity index is 2.74. The van der Waals surface area contributed by atoms with Crippen LogP contribution < -0.4 is 5.32 Å². The maximum Gasteiger partial charge on any atom is 0.126 e. The molecule has 0 aliphatic heterocycles. The number of alkyl halides is 1. The van der Waals surface area contributed by atoms with Gasteiger partial charge in [-0.2, -0.15) is 0 Å². The summed E-state index contributed by atoms with van der Waals surface area (Å²) in [6.45, 7) is 4.28. The van der Waals surface area contributed by atoms with E-state index < -0.39 is 0 Å². The first kappa shape index (κ1) is 11.3. The molecule has 1 aromatic heterocycles. The van der Waals surface area contributed by atoms with E-state index in [-0.39, 0.29) is 5.54 Å². The van der Waals surface area contributed by atoms with Crippen molar-refractivity contribution >= 4 is 17.4 Å².